The predicted octanol–water partition coefficient (Wildman–Crippen LogP) is 2.93. The van der Waals surface area contributed by atoms with Gasteiger partial charge in [-0.1, -0.05) is 35.9 Å². The minimum atomic E-state index is -0.194. The Morgan fingerprint density at radius 1 is 1.10 bits per heavy atom. The molecule has 20 heavy (non-hydrogen) atoms. The van der Waals surface area contributed by atoms with E-state index in [0.29, 0.717) is 15.9 Å². The lowest BCUT2D eigenvalue weighted by molar-refractivity contribution is 0.817. The Kier molecular flexibility index (Phi) is 3.31. The van der Waals surface area contributed by atoms with Crippen molar-refractivity contribution in [2.75, 3.05) is 0 Å². The summed E-state index contributed by atoms with van der Waals surface area (Å²) in [5, 5.41) is 5.33. The van der Waals surface area contributed by atoms with Gasteiger partial charge in [0.25, 0.3) is 5.56 Å². The number of rotatable bonds is 2. The summed E-state index contributed by atoms with van der Waals surface area (Å²) in [6.07, 6.45) is 3.01. The van der Waals surface area contributed by atoms with Gasteiger partial charge >= 0.3 is 0 Å². The van der Waals surface area contributed by atoms with Crippen LogP contribution in [0.2, 0.25) is 5.02 Å². The van der Waals surface area contributed by atoms with Crippen molar-refractivity contribution in [3.63, 3.8) is 0 Å². The number of para-hydroxylation sites is 1. The van der Waals surface area contributed by atoms with Gasteiger partial charge in [-0.3, -0.25) is 4.79 Å². The summed E-state index contributed by atoms with van der Waals surface area (Å²) in [4.78, 5) is 16.4. The van der Waals surface area contributed by atoms with Crippen LogP contribution < -0.4 is 5.56 Å². The van der Waals surface area contributed by atoms with Gasteiger partial charge in [0.1, 0.15) is 6.33 Å². The van der Waals surface area contributed by atoms with Crippen molar-refractivity contribution in [1.82, 2.24) is 9.66 Å². The highest BCUT2D eigenvalue weighted by atomic mass is 35.5. The number of fused-ring (bicyclic) bond motifs is 1. The minimum absolute atomic E-state index is 0.194. The van der Waals surface area contributed by atoms with Crippen molar-refractivity contribution < 1.29 is 0 Å². The molecule has 0 aliphatic rings. The van der Waals surface area contributed by atoms with Crippen LogP contribution >= 0.6 is 11.6 Å². The van der Waals surface area contributed by atoms with Gasteiger partial charge in [0.15, 0.2) is 0 Å². The minimum Gasteiger partial charge on any atom is -0.267 e. The van der Waals surface area contributed by atoms with E-state index in [1.54, 1.807) is 36.5 Å². The van der Waals surface area contributed by atoms with Crippen molar-refractivity contribution in [2.24, 2.45) is 5.10 Å². The molecule has 0 saturated heterocycles. The van der Waals surface area contributed by atoms with Crippen LogP contribution in [-0.4, -0.2) is 15.9 Å². The Labute approximate surface area is 120 Å². The Hall–Kier alpha value is -2.46. The largest absolute Gasteiger partial charge is 0.281 e. The second-order valence-electron chi connectivity index (χ2n) is 4.21. The average molecular weight is 284 g/mol. The summed E-state index contributed by atoms with van der Waals surface area (Å²) < 4.78 is 1.22. The second kappa shape index (κ2) is 5.27. The first-order valence-electron chi connectivity index (χ1n) is 6.00. The molecule has 0 radical (unpaired) electrons. The lowest BCUT2D eigenvalue weighted by Crippen LogP contribution is -2.16. The molecule has 3 aromatic rings. The number of aromatic nitrogens is 2. The zero-order valence-electron chi connectivity index (χ0n) is 10.4. The van der Waals surface area contributed by atoms with Crippen LogP contribution in [-0.2, 0) is 0 Å². The number of hydrogen-bond donors (Lipinski definition) is 0. The van der Waals surface area contributed by atoms with Crippen molar-refractivity contribution in [1.29, 1.82) is 0 Å². The van der Waals surface area contributed by atoms with E-state index in [1.165, 1.54) is 11.0 Å². The quantitative estimate of drug-likeness (QED) is 0.679. The molecule has 1 aromatic heterocycles. The number of nitrogens with zero attached hydrogens (tertiary/aromatic N) is 3. The van der Waals surface area contributed by atoms with Gasteiger partial charge in [0.05, 0.1) is 17.1 Å². The van der Waals surface area contributed by atoms with Gasteiger partial charge in [-0.15, -0.1) is 0 Å². The van der Waals surface area contributed by atoms with Gasteiger partial charge in [0, 0.05) is 5.02 Å². The molecule has 0 spiro atoms. The maximum absolute atomic E-state index is 12.2. The van der Waals surface area contributed by atoms with E-state index >= 15 is 0 Å². The first-order valence-corrected chi connectivity index (χ1v) is 6.38. The third kappa shape index (κ3) is 2.46. The van der Waals surface area contributed by atoms with Crippen molar-refractivity contribution >= 4 is 28.7 Å². The molecule has 0 aliphatic heterocycles. The van der Waals surface area contributed by atoms with Crippen LogP contribution in [0.3, 0.4) is 0 Å². The van der Waals surface area contributed by atoms with Crippen molar-refractivity contribution in [3.05, 3.63) is 75.8 Å². The molecule has 0 aliphatic carbocycles. The molecule has 1 heterocycles. The molecule has 0 saturated carbocycles. The molecule has 0 atom stereocenters. The lowest BCUT2D eigenvalue weighted by Gasteiger charge is -2.00. The monoisotopic (exact) mass is 283 g/mol. The topological polar surface area (TPSA) is 47.2 Å². The van der Waals surface area contributed by atoms with Gasteiger partial charge < -0.3 is 0 Å². The van der Waals surface area contributed by atoms with E-state index in [0.717, 1.165) is 5.56 Å². The SMILES string of the molecule is O=c1c2ccccc2ncn1/N=C/c1ccc(Cl)cc1. The standard InChI is InChI=1S/C15H10ClN3O/c16-12-7-5-11(6-8-12)9-18-19-10-17-14-4-2-1-3-13(14)15(19)20/h1-10H/b18-9+. The van der Waals surface area contributed by atoms with Crippen LogP contribution in [0.4, 0.5) is 0 Å². The molecule has 0 N–H and O–H groups in total. The highest BCUT2D eigenvalue weighted by molar-refractivity contribution is 6.30. The Balaban J connectivity index is 2.01. The van der Waals surface area contributed by atoms with Crippen LogP contribution in [0, 0.1) is 0 Å². The molecule has 4 nitrogen and oxygen atoms in total. The number of hydrogen-bond acceptors (Lipinski definition) is 3. The molecule has 5 heteroatoms. The maximum Gasteiger partial charge on any atom is 0.281 e. The summed E-state index contributed by atoms with van der Waals surface area (Å²) in [6, 6.07) is 14.4. The molecule has 2 aromatic carbocycles. The van der Waals surface area contributed by atoms with Gasteiger partial charge in [-0.25, -0.2) is 4.98 Å². The first kappa shape index (κ1) is 12.6. The molecule has 0 unspecified atom stereocenters. The molecule has 0 bridgehead atoms. The maximum atomic E-state index is 12.2. The van der Waals surface area contributed by atoms with Gasteiger partial charge in [-0.05, 0) is 29.8 Å². The molecule has 0 amide bonds. The molecule has 3 rings (SSSR count). The Bertz CT molecular complexity index is 838. The lowest BCUT2D eigenvalue weighted by atomic mass is 10.2. The van der Waals surface area contributed by atoms with Crippen molar-refractivity contribution in [3.8, 4) is 0 Å². The smallest absolute Gasteiger partial charge is 0.267 e. The number of halogens is 1. The highest BCUT2D eigenvalue weighted by Gasteiger charge is 2.01. The van der Waals surface area contributed by atoms with E-state index in [4.69, 9.17) is 11.6 Å². The molecule has 98 valence electrons. The summed E-state index contributed by atoms with van der Waals surface area (Å²) in [5.74, 6) is 0. The third-order valence-corrected chi connectivity index (χ3v) is 3.10. The predicted molar refractivity (Wildman–Crippen MR) is 80.4 cm³/mol. The molecular formula is C15H10ClN3O. The molecular weight excluding hydrogens is 274 g/mol. The zero-order valence-corrected chi connectivity index (χ0v) is 11.2. The normalized spacial score (nSPS) is 11.2. The van der Waals surface area contributed by atoms with Gasteiger partial charge in [-0.2, -0.15) is 9.78 Å². The number of benzene rings is 2. The fourth-order valence-corrected chi connectivity index (χ4v) is 1.95. The zero-order chi connectivity index (χ0) is 13.9. The van der Waals surface area contributed by atoms with Crippen LogP contribution in [0.1, 0.15) is 5.56 Å². The second-order valence-corrected chi connectivity index (χ2v) is 4.64. The van der Waals surface area contributed by atoms with Crippen molar-refractivity contribution in [2.45, 2.75) is 0 Å². The first-order chi connectivity index (χ1) is 9.74. The summed E-state index contributed by atoms with van der Waals surface area (Å²) in [6.45, 7) is 0. The Morgan fingerprint density at radius 2 is 1.85 bits per heavy atom. The van der Waals surface area contributed by atoms with Crippen LogP contribution in [0.5, 0.6) is 0 Å². The van der Waals surface area contributed by atoms with E-state index in [1.807, 2.05) is 18.2 Å². The highest BCUT2D eigenvalue weighted by Crippen LogP contribution is 2.08. The third-order valence-electron chi connectivity index (χ3n) is 2.85. The summed E-state index contributed by atoms with van der Waals surface area (Å²) >= 11 is 5.81. The van der Waals surface area contributed by atoms with Crippen LogP contribution in [0.25, 0.3) is 10.9 Å². The van der Waals surface area contributed by atoms with E-state index in [-0.39, 0.29) is 5.56 Å². The fourth-order valence-electron chi connectivity index (χ4n) is 1.82. The average Bonchev–Trinajstić information content (AvgIpc) is 2.49. The molecule has 0 fully saturated rings. The fraction of sp³-hybridized carbons (Fsp3) is 0. The Morgan fingerprint density at radius 3 is 2.65 bits per heavy atom. The summed E-state index contributed by atoms with van der Waals surface area (Å²) in [7, 11) is 0. The van der Waals surface area contributed by atoms with Crippen LogP contribution in [0.15, 0.2) is 64.8 Å². The van der Waals surface area contributed by atoms with E-state index < -0.39 is 0 Å². The van der Waals surface area contributed by atoms with Gasteiger partial charge in [0.2, 0.25) is 0 Å². The van der Waals surface area contributed by atoms with E-state index in [2.05, 4.69) is 10.1 Å². The summed E-state index contributed by atoms with van der Waals surface area (Å²) in [5.41, 5.74) is 1.32. The van der Waals surface area contributed by atoms with E-state index in [9.17, 15) is 4.79 Å².